The second kappa shape index (κ2) is 7.33. The van der Waals surface area contributed by atoms with Crippen LogP contribution in [-0.2, 0) is 17.4 Å². The number of carbonyl (C=O) groups excluding carboxylic acids is 2. The molecule has 25 heavy (non-hydrogen) atoms. The zero-order valence-electron chi connectivity index (χ0n) is 12.8. The van der Waals surface area contributed by atoms with Gasteiger partial charge in [0.1, 0.15) is 11.9 Å². The third-order valence-corrected chi connectivity index (χ3v) is 3.51. The van der Waals surface area contributed by atoms with E-state index < -0.39 is 35.4 Å². The number of rotatable bonds is 5. The Morgan fingerprint density at radius 1 is 1.04 bits per heavy atom. The van der Waals surface area contributed by atoms with E-state index in [0.29, 0.717) is 0 Å². The molecule has 0 unspecified atom stereocenters. The first-order chi connectivity index (χ1) is 11.7. The fourth-order valence-corrected chi connectivity index (χ4v) is 2.16. The van der Waals surface area contributed by atoms with Crippen LogP contribution in [0.5, 0.6) is 0 Å². The molecule has 3 N–H and O–H groups in total. The minimum atomic E-state index is -4.52. The number of halogens is 4. The lowest BCUT2D eigenvalue weighted by Crippen LogP contribution is -2.46. The van der Waals surface area contributed by atoms with Gasteiger partial charge in [-0.3, -0.25) is 9.59 Å². The first-order valence-corrected chi connectivity index (χ1v) is 7.19. The molecule has 0 aliphatic carbocycles. The van der Waals surface area contributed by atoms with Crippen LogP contribution in [0.1, 0.15) is 21.5 Å². The Bertz CT molecular complexity index is 773. The maximum atomic E-state index is 13.7. The average Bonchev–Trinajstić information content (AvgIpc) is 2.55. The molecule has 0 bridgehead atoms. The van der Waals surface area contributed by atoms with E-state index in [1.54, 1.807) is 6.07 Å². The summed E-state index contributed by atoms with van der Waals surface area (Å²) in [6.45, 7) is 0. The van der Waals surface area contributed by atoms with Gasteiger partial charge < -0.3 is 11.1 Å². The van der Waals surface area contributed by atoms with Crippen LogP contribution in [0.2, 0.25) is 0 Å². The van der Waals surface area contributed by atoms with Gasteiger partial charge in [-0.2, -0.15) is 13.2 Å². The number of hydrogen-bond donors (Lipinski definition) is 2. The highest BCUT2D eigenvalue weighted by Gasteiger charge is 2.30. The van der Waals surface area contributed by atoms with Crippen molar-refractivity contribution in [3.63, 3.8) is 0 Å². The van der Waals surface area contributed by atoms with Crippen molar-refractivity contribution in [3.05, 3.63) is 71.0 Å². The number of hydrogen-bond acceptors (Lipinski definition) is 2. The molecule has 8 heteroatoms. The molecule has 2 aromatic carbocycles. The van der Waals surface area contributed by atoms with Crippen LogP contribution < -0.4 is 11.1 Å². The molecule has 0 heterocycles. The van der Waals surface area contributed by atoms with Crippen LogP contribution in [0, 0.1) is 5.82 Å². The van der Waals surface area contributed by atoms with Crippen LogP contribution in [0.25, 0.3) is 0 Å². The van der Waals surface area contributed by atoms with Crippen LogP contribution >= 0.6 is 0 Å². The molecule has 4 nitrogen and oxygen atoms in total. The summed E-state index contributed by atoms with van der Waals surface area (Å²) in [5.74, 6) is -2.23. The number of carbonyl (C=O) groups is 2. The van der Waals surface area contributed by atoms with E-state index in [0.717, 1.165) is 24.3 Å². The molecule has 132 valence electrons. The van der Waals surface area contributed by atoms with Crippen LogP contribution in [-0.4, -0.2) is 17.9 Å². The fourth-order valence-electron chi connectivity index (χ4n) is 2.16. The molecule has 2 aromatic rings. The Kier molecular flexibility index (Phi) is 5.41. The lowest BCUT2D eigenvalue weighted by molar-refractivity contribution is -0.137. The summed E-state index contributed by atoms with van der Waals surface area (Å²) >= 11 is 0. The summed E-state index contributed by atoms with van der Waals surface area (Å²) in [4.78, 5) is 23.6. The number of nitrogens with two attached hydrogens (primary N) is 1. The summed E-state index contributed by atoms with van der Waals surface area (Å²) in [7, 11) is 0. The number of benzene rings is 2. The van der Waals surface area contributed by atoms with Gasteiger partial charge in [0, 0.05) is 12.0 Å². The van der Waals surface area contributed by atoms with E-state index in [-0.39, 0.29) is 17.5 Å². The summed E-state index contributed by atoms with van der Waals surface area (Å²) < 4.78 is 51.2. The van der Waals surface area contributed by atoms with Gasteiger partial charge in [0.2, 0.25) is 5.91 Å². The fraction of sp³-hybridized carbons (Fsp3) is 0.176. The predicted molar refractivity (Wildman–Crippen MR) is 82.0 cm³/mol. The van der Waals surface area contributed by atoms with Crippen molar-refractivity contribution in [1.29, 1.82) is 0 Å². The largest absolute Gasteiger partial charge is 0.416 e. The van der Waals surface area contributed by atoms with Crippen LogP contribution in [0.3, 0.4) is 0 Å². The molecule has 2 amide bonds. The number of alkyl halides is 3. The third kappa shape index (κ3) is 4.79. The van der Waals surface area contributed by atoms with Crippen molar-refractivity contribution >= 4 is 11.8 Å². The monoisotopic (exact) mass is 354 g/mol. The molecule has 0 aliphatic rings. The van der Waals surface area contributed by atoms with Crippen molar-refractivity contribution in [3.8, 4) is 0 Å². The maximum Gasteiger partial charge on any atom is 0.416 e. The molecule has 0 aromatic heterocycles. The zero-order chi connectivity index (χ0) is 18.6. The van der Waals surface area contributed by atoms with E-state index in [1.807, 2.05) is 0 Å². The zero-order valence-corrected chi connectivity index (χ0v) is 12.8. The Balaban J connectivity index is 2.13. The molecule has 0 aliphatic heterocycles. The number of primary amides is 1. The summed E-state index contributed by atoms with van der Waals surface area (Å²) in [6, 6.07) is 7.95. The first kappa shape index (κ1) is 18.4. The summed E-state index contributed by atoms with van der Waals surface area (Å²) in [5, 5.41) is 2.31. The molecule has 0 fully saturated rings. The van der Waals surface area contributed by atoms with Crippen molar-refractivity contribution in [2.24, 2.45) is 5.73 Å². The van der Waals surface area contributed by atoms with Crippen molar-refractivity contribution in [2.75, 3.05) is 0 Å². The lowest BCUT2D eigenvalue weighted by atomic mass is 10.0. The molecular weight excluding hydrogens is 340 g/mol. The van der Waals surface area contributed by atoms with Gasteiger partial charge in [-0.1, -0.05) is 18.2 Å². The Morgan fingerprint density at radius 2 is 1.64 bits per heavy atom. The Labute approximate surface area is 140 Å². The molecule has 0 spiro atoms. The van der Waals surface area contributed by atoms with E-state index in [9.17, 15) is 27.2 Å². The minimum absolute atomic E-state index is 0.0761. The Hall–Kier alpha value is -2.90. The number of amides is 2. The van der Waals surface area contributed by atoms with Crippen LogP contribution in [0.15, 0.2) is 48.5 Å². The van der Waals surface area contributed by atoms with Gasteiger partial charge >= 0.3 is 6.18 Å². The van der Waals surface area contributed by atoms with E-state index >= 15 is 0 Å². The standard InChI is InChI=1S/C17H14F4N2O2/c18-13-4-2-1-3-11(13)9-14(15(22)24)23-16(25)10-5-7-12(8-6-10)17(19,20)21/h1-8,14H,9H2,(H2,22,24)(H,23,25)/t14-/m0/s1. The predicted octanol–water partition coefficient (Wildman–Crippen LogP) is 2.67. The summed E-state index contributed by atoms with van der Waals surface area (Å²) in [6.07, 6.45) is -4.69. The van der Waals surface area contributed by atoms with E-state index in [4.69, 9.17) is 5.73 Å². The van der Waals surface area contributed by atoms with Gasteiger partial charge in [0.15, 0.2) is 0 Å². The molecule has 0 radical (unpaired) electrons. The quantitative estimate of drug-likeness (QED) is 0.811. The normalized spacial score (nSPS) is 12.5. The maximum absolute atomic E-state index is 13.7. The van der Waals surface area contributed by atoms with Gasteiger partial charge in [-0.25, -0.2) is 4.39 Å². The molecule has 0 saturated heterocycles. The van der Waals surface area contributed by atoms with Crippen LogP contribution in [0.4, 0.5) is 17.6 Å². The lowest BCUT2D eigenvalue weighted by Gasteiger charge is -2.16. The first-order valence-electron chi connectivity index (χ1n) is 7.19. The van der Waals surface area contributed by atoms with Gasteiger partial charge in [0.25, 0.3) is 5.91 Å². The highest BCUT2D eigenvalue weighted by molar-refractivity contribution is 5.97. The van der Waals surface area contributed by atoms with E-state index in [1.165, 1.54) is 18.2 Å². The minimum Gasteiger partial charge on any atom is -0.368 e. The van der Waals surface area contributed by atoms with Crippen molar-refractivity contribution < 1.29 is 27.2 Å². The smallest absolute Gasteiger partial charge is 0.368 e. The van der Waals surface area contributed by atoms with Gasteiger partial charge in [0.05, 0.1) is 5.56 Å². The Morgan fingerprint density at radius 3 is 2.16 bits per heavy atom. The highest BCUT2D eigenvalue weighted by atomic mass is 19.4. The van der Waals surface area contributed by atoms with Gasteiger partial charge in [-0.05, 0) is 35.9 Å². The number of nitrogens with one attached hydrogen (secondary N) is 1. The molecule has 1 atom stereocenters. The van der Waals surface area contributed by atoms with E-state index in [2.05, 4.69) is 5.32 Å². The topological polar surface area (TPSA) is 72.2 Å². The highest BCUT2D eigenvalue weighted by Crippen LogP contribution is 2.29. The second-order valence-electron chi connectivity index (χ2n) is 5.30. The third-order valence-electron chi connectivity index (χ3n) is 3.51. The second-order valence-corrected chi connectivity index (χ2v) is 5.30. The van der Waals surface area contributed by atoms with Crippen molar-refractivity contribution in [2.45, 2.75) is 18.6 Å². The SMILES string of the molecule is NC(=O)[C@H](Cc1ccccc1F)NC(=O)c1ccc(C(F)(F)F)cc1. The van der Waals surface area contributed by atoms with Crippen molar-refractivity contribution in [1.82, 2.24) is 5.32 Å². The van der Waals surface area contributed by atoms with Gasteiger partial charge in [-0.15, -0.1) is 0 Å². The molecule has 2 rings (SSSR count). The average molecular weight is 354 g/mol. The summed E-state index contributed by atoms with van der Waals surface area (Å²) in [5.41, 5.74) is 4.42. The molecule has 0 saturated carbocycles. The molecular formula is C17H14F4N2O2.